The van der Waals surface area contributed by atoms with Gasteiger partial charge in [0.2, 0.25) is 0 Å². The van der Waals surface area contributed by atoms with E-state index in [0.29, 0.717) is 12.3 Å². The molecule has 90 valence electrons. The van der Waals surface area contributed by atoms with Crippen LogP contribution in [0.25, 0.3) is 0 Å². The number of aryl methyl sites for hydroxylation is 1. The molecule has 2 aromatic rings. The van der Waals surface area contributed by atoms with E-state index in [1.54, 1.807) is 6.26 Å². The van der Waals surface area contributed by atoms with Gasteiger partial charge in [-0.1, -0.05) is 0 Å². The highest BCUT2D eigenvalue weighted by Gasteiger charge is 2.21. The Balaban J connectivity index is 1.78. The van der Waals surface area contributed by atoms with Gasteiger partial charge in [0, 0.05) is 19.6 Å². The molecule has 0 saturated carbocycles. The zero-order valence-electron chi connectivity index (χ0n) is 9.54. The van der Waals surface area contributed by atoms with Crippen molar-refractivity contribution in [3.05, 3.63) is 35.8 Å². The lowest BCUT2D eigenvalue weighted by Gasteiger charge is -2.19. The Bertz CT molecular complexity index is 490. The fourth-order valence-electron chi connectivity index (χ4n) is 2.22. The standard InChI is InChI=1S/C12H15N3O2/c16-8-9-3-4-15-12(6-9)13-11(14-15)7-10-2-1-5-17-10/h1-2,5,9,16H,3-4,6-8H2. The fourth-order valence-corrected chi connectivity index (χ4v) is 2.22. The average Bonchev–Trinajstić information content (AvgIpc) is 2.96. The molecule has 0 spiro atoms. The largest absolute Gasteiger partial charge is 0.469 e. The third-order valence-electron chi connectivity index (χ3n) is 3.18. The van der Waals surface area contributed by atoms with Crippen LogP contribution in [0.2, 0.25) is 0 Å². The van der Waals surface area contributed by atoms with Crippen molar-refractivity contribution in [3.8, 4) is 0 Å². The van der Waals surface area contributed by atoms with E-state index >= 15 is 0 Å². The summed E-state index contributed by atoms with van der Waals surface area (Å²) < 4.78 is 7.23. The van der Waals surface area contributed by atoms with Crippen LogP contribution in [0, 0.1) is 5.92 Å². The summed E-state index contributed by atoms with van der Waals surface area (Å²) in [5.41, 5.74) is 0. The maximum Gasteiger partial charge on any atom is 0.158 e. The van der Waals surface area contributed by atoms with Crippen LogP contribution in [0.15, 0.2) is 22.8 Å². The molecule has 0 fully saturated rings. The number of aromatic nitrogens is 3. The molecule has 0 amide bonds. The predicted octanol–water partition coefficient (Wildman–Crippen LogP) is 1.02. The highest BCUT2D eigenvalue weighted by molar-refractivity contribution is 5.07. The Morgan fingerprint density at radius 1 is 1.53 bits per heavy atom. The first-order valence-electron chi connectivity index (χ1n) is 5.91. The lowest BCUT2D eigenvalue weighted by atomic mass is 9.99. The minimum atomic E-state index is 0.236. The fraction of sp³-hybridized carbons (Fsp3) is 0.500. The molecule has 0 saturated heterocycles. The van der Waals surface area contributed by atoms with Crippen molar-refractivity contribution in [1.29, 1.82) is 0 Å². The van der Waals surface area contributed by atoms with E-state index in [2.05, 4.69) is 10.1 Å². The SMILES string of the molecule is OCC1CCn2nc(Cc3ccco3)nc2C1. The Kier molecular flexibility index (Phi) is 2.68. The van der Waals surface area contributed by atoms with Gasteiger partial charge in [-0.05, 0) is 24.5 Å². The van der Waals surface area contributed by atoms with Gasteiger partial charge in [0.25, 0.3) is 0 Å². The molecule has 17 heavy (non-hydrogen) atoms. The normalized spacial score (nSPS) is 19.2. The van der Waals surface area contributed by atoms with Gasteiger partial charge in [-0.25, -0.2) is 9.67 Å². The van der Waals surface area contributed by atoms with Crippen LogP contribution in [0.4, 0.5) is 0 Å². The topological polar surface area (TPSA) is 64.1 Å². The molecular formula is C12H15N3O2. The van der Waals surface area contributed by atoms with Crippen molar-refractivity contribution in [3.63, 3.8) is 0 Å². The molecule has 1 atom stereocenters. The summed E-state index contributed by atoms with van der Waals surface area (Å²) in [5, 5.41) is 13.6. The molecule has 0 aliphatic carbocycles. The zero-order valence-corrected chi connectivity index (χ0v) is 9.54. The van der Waals surface area contributed by atoms with Gasteiger partial charge >= 0.3 is 0 Å². The van der Waals surface area contributed by atoms with E-state index in [9.17, 15) is 0 Å². The molecule has 5 heteroatoms. The van der Waals surface area contributed by atoms with Crippen molar-refractivity contribution >= 4 is 0 Å². The number of aliphatic hydroxyl groups excluding tert-OH is 1. The van der Waals surface area contributed by atoms with E-state index in [4.69, 9.17) is 9.52 Å². The van der Waals surface area contributed by atoms with Crippen LogP contribution in [0.5, 0.6) is 0 Å². The maximum absolute atomic E-state index is 9.16. The Labute approximate surface area is 99.1 Å². The van der Waals surface area contributed by atoms with E-state index in [0.717, 1.165) is 36.8 Å². The number of furan rings is 1. The monoisotopic (exact) mass is 233 g/mol. The van der Waals surface area contributed by atoms with Crippen LogP contribution in [-0.2, 0) is 19.4 Å². The van der Waals surface area contributed by atoms with Crippen LogP contribution < -0.4 is 0 Å². The summed E-state index contributed by atoms with van der Waals surface area (Å²) in [7, 11) is 0. The third-order valence-corrected chi connectivity index (χ3v) is 3.18. The molecule has 1 unspecified atom stereocenters. The van der Waals surface area contributed by atoms with Gasteiger partial charge in [-0.2, -0.15) is 5.10 Å². The van der Waals surface area contributed by atoms with Gasteiger partial charge in [-0.3, -0.25) is 0 Å². The molecule has 5 nitrogen and oxygen atoms in total. The molecule has 3 heterocycles. The van der Waals surface area contributed by atoms with Crippen molar-refractivity contribution in [2.75, 3.05) is 6.61 Å². The number of nitrogens with zero attached hydrogens (tertiary/aromatic N) is 3. The first-order valence-corrected chi connectivity index (χ1v) is 5.91. The van der Waals surface area contributed by atoms with Crippen molar-refractivity contribution < 1.29 is 9.52 Å². The number of hydrogen-bond donors (Lipinski definition) is 1. The molecule has 2 aromatic heterocycles. The number of rotatable bonds is 3. The maximum atomic E-state index is 9.16. The molecule has 0 radical (unpaired) electrons. The Morgan fingerprint density at radius 3 is 3.24 bits per heavy atom. The molecular weight excluding hydrogens is 218 g/mol. The predicted molar refractivity (Wildman–Crippen MR) is 60.4 cm³/mol. The van der Waals surface area contributed by atoms with Crippen molar-refractivity contribution in [2.24, 2.45) is 5.92 Å². The third kappa shape index (κ3) is 2.10. The summed E-state index contributed by atoms with van der Waals surface area (Å²) in [6, 6.07) is 3.80. The second kappa shape index (κ2) is 4.33. The van der Waals surface area contributed by atoms with E-state index in [1.807, 2.05) is 16.8 Å². The molecule has 0 bridgehead atoms. The summed E-state index contributed by atoms with van der Waals surface area (Å²) in [5.74, 6) is 3.00. The molecule has 3 rings (SSSR count). The van der Waals surface area contributed by atoms with Gasteiger partial charge in [0.1, 0.15) is 11.6 Å². The van der Waals surface area contributed by atoms with Crippen LogP contribution in [-0.4, -0.2) is 26.5 Å². The molecule has 1 aliphatic rings. The molecule has 0 aromatic carbocycles. The lowest BCUT2D eigenvalue weighted by molar-refractivity contribution is 0.196. The first-order chi connectivity index (χ1) is 8.35. The number of hydrogen-bond acceptors (Lipinski definition) is 4. The number of fused-ring (bicyclic) bond motifs is 1. The van der Waals surface area contributed by atoms with Crippen LogP contribution >= 0.6 is 0 Å². The highest BCUT2D eigenvalue weighted by atomic mass is 16.3. The molecule has 1 aliphatic heterocycles. The van der Waals surface area contributed by atoms with Gasteiger partial charge in [0.05, 0.1) is 12.7 Å². The van der Waals surface area contributed by atoms with E-state index in [1.165, 1.54) is 0 Å². The van der Waals surface area contributed by atoms with Crippen molar-refractivity contribution in [1.82, 2.24) is 14.8 Å². The Morgan fingerprint density at radius 2 is 2.47 bits per heavy atom. The summed E-state index contributed by atoms with van der Waals surface area (Å²) in [6.45, 7) is 1.09. The van der Waals surface area contributed by atoms with Gasteiger partial charge in [0.15, 0.2) is 5.82 Å². The summed E-state index contributed by atoms with van der Waals surface area (Å²) in [6.07, 6.45) is 4.10. The quantitative estimate of drug-likeness (QED) is 0.859. The highest BCUT2D eigenvalue weighted by Crippen LogP contribution is 2.19. The minimum Gasteiger partial charge on any atom is -0.469 e. The second-order valence-electron chi connectivity index (χ2n) is 4.46. The summed E-state index contributed by atoms with van der Waals surface area (Å²) >= 11 is 0. The smallest absolute Gasteiger partial charge is 0.158 e. The van der Waals surface area contributed by atoms with Gasteiger partial charge < -0.3 is 9.52 Å². The van der Waals surface area contributed by atoms with Crippen molar-refractivity contribution in [2.45, 2.75) is 25.8 Å². The zero-order chi connectivity index (χ0) is 11.7. The lowest BCUT2D eigenvalue weighted by Crippen LogP contribution is -2.22. The average molecular weight is 233 g/mol. The van der Waals surface area contributed by atoms with Crippen LogP contribution in [0.3, 0.4) is 0 Å². The Hall–Kier alpha value is -1.62. The minimum absolute atomic E-state index is 0.236. The first kappa shape index (κ1) is 10.5. The number of aliphatic hydroxyl groups is 1. The van der Waals surface area contributed by atoms with Gasteiger partial charge in [-0.15, -0.1) is 0 Å². The van der Waals surface area contributed by atoms with Crippen LogP contribution in [0.1, 0.15) is 23.8 Å². The van der Waals surface area contributed by atoms with E-state index in [-0.39, 0.29) is 6.61 Å². The molecule has 1 N–H and O–H groups in total. The second-order valence-corrected chi connectivity index (χ2v) is 4.46. The van der Waals surface area contributed by atoms with E-state index < -0.39 is 0 Å². The summed E-state index contributed by atoms with van der Waals surface area (Å²) in [4.78, 5) is 4.50.